The van der Waals surface area contributed by atoms with Gasteiger partial charge in [0.05, 0.1) is 5.56 Å². The normalized spacial score (nSPS) is 12.5. The van der Waals surface area contributed by atoms with Crippen LogP contribution in [0.15, 0.2) is 60.7 Å². The third-order valence-electron chi connectivity index (χ3n) is 3.33. The summed E-state index contributed by atoms with van der Waals surface area (Å²) in [5.41, 5.74) is 0.698. The van der Waals surface area contributed by atoms with Crippen LogP contribution in [0.2, 0.25) is 0 Å². The van der Waals surface area contributed by atoms with Crippen molar-refractivity contribution in [1.82, 2.24) is 0 Å². The van der Waals surface area contributed by atoms with E-state index in [9.17, 15) is 22.8 Å². The molecule has 0 aromatic heterocycles. The molecule has 0 radical (unpaired) electrons. The first-order valence-corrected chi connectivity index (χ1v) is 7.27. The minimum atomic E-state index is -4.95. The molecule has 1 atom stereocenters. The number of hydrogen-bond donors (Lipinski definition) is 0. The highest BCUT2D eigenvalue weighted by atomic mass is 19.4. The molecule has 2 rings (SSSR count). The number of halogens is 3. The average Bonchev–Trinajstić information content (AvgIpc) is 2.58. The Hall–Kier alpha value is -2.63. The Labute approximate surface area is 137 Å². The summed E-state index contributed by atoms with van der Waals surface area (Å²) in [5, 5.41) is 0. The molecule has 2 aromatic carbocycles. The topological polar surface area (TPSA) is 43.4 Å². The van der Waals surface area contributed by atoms with Crippen molar-refractivity contribution in [3.63, 3.8) is 0 Å². The number of carbonyl (C=O) groups excluding carboxylic acids is 2. The maximum absolute atomic E-state index is 13.1. The fraction of sp³-hybridized carbons (Fsp3) is 0.222. The van der Waals surface area contributed by atoms with Crippen molar-refractivity contribution < 1.29 is 27.5 Å². The number of esters is 1. The molecule has 0 aliphatic rings. The lowest BCUT2D eigenvalue weighted by Crippen LogP contribution is -2.40. The van der Waals surface area contributed by atoms with Gasteiger partial charge in [0.15, 0.2) is 5.78 Å². The van der Waals surface area contributed by atoms with Crippen molar-refractivity contribution in [2.75, 3.05) is 0 Å². The second kappa shape index (κ2) is 7.77. The SMILES string of the molecule is O=C(O[C@@H](C(=O)CCc1ccccc1)C(F)(F)F)c1ccccc1. The van der Waals surface area contributed by atoms with E-state index in [1.807, 2.05) is 0 Å². The Bertz CT molecular complexity index is 682. The van der Waals surface area contributed by atoms with Crippen molar-refractivity contribution in [2.45, 2.75) is 25.1 Å². The van der Waals surface area contributed by atoms with E-state index in [0.29, 0.717) is 0 Å². The van der Waals surface area contributed by atoms with E-state index >= 15 is 0 Å². The van der Waals surface area contributed by atoms with Gasteiger partial charge in [-0.15, -0.1) is 0 Å². The van der Waals surface area contributed by atoms with Crippen molar-refractivity contribution in [1.29, 1.82) is 0 Å². The van der Waals surface area contributed by atoms with Gasteiger partial charge in [-0.05, 0) is 24.1 Å². The van der Waals surface area contributed by atoms with Crippen LogP contribution in [0.1, 0.15) is 22.3 Å². The van der Waals surface area contributed by atoms with Crippen molar-refractivity contribution in [3.05, 3.63) is 71.8 Å². The molecule has 0 saturated carbocycles. The Balaban J connectivity index is 2.05. The lowest BCUT2D eigenvalue weighted by molar-refractivity contribution is -0.204. The van der Waals surface area contributed by atoms with Gasteiger partial charge in [0.2, 0.25) is 0 Å². The number of Topliss-reactive ketones (excluding diaryl/α,β-unsaturated/α-hetero) is 1. The molecule has 0 bridgehead atoms. The van der Waals surface area contributed by atoms with E-state index in [0.717, 1.165) is 5.56 Å². The molecular formula is C18H15F3O3. The molecule has 6 heteroatoms. The summed E-state index contributed by atoms with van der Waals surface area (Å²) in [6, 6.07) is 15.9. The first-order valence-electron chi connectivity index (χ1n) is 7.27. The third kappa shape index (κ3) is 4.94. The molecule has 0 aliphatic carbocycles. The molecule has 0 spiro atoms. The largest absolute Gasteiger partial charge is 0.441 e. The van der Waals surface area contributed by atoms with Crippen LogP contribution in [0.4, 0.5) is 13.2 Å². The van der Waals surface area contributed by atoms with Crippen molar-refractivity contribution in [3.8, 4) is 0 Å². The molecule has 126 valence electrons. The predicted octanol–water partition coefficient (Wildman–Crippen LogP) is 3.98. The molecule has 0 fully saturated rings. The third-order valence-corrected chi connectivity index (χ3v) is 3.33. The smallest absolute Gasteiger partial charge is 0.432 e. The molecular weight excluding hydrogens is 321 g/mol. The fourth-order valence-electron chi connectivity index (χ4n) is 2.11. The van der Waals surface area contributed by atoms with Crippen LogP contribution in [0.5, 0.6) is 0 Å². The molecule has 2 aromatic rings. The summed E-state index contributed by atoms with van der Waals surface area (Å²) in [4.78, 5) is 23.7. The molecule has 0 aliphatic heterocycles. The molecule has 3 nitrogen and oxygen atoms in total. The minimum absolute atomic E-state index is 0.0393. The second-order valence-electron chi connectivity index (χ2n) is 5.14. The maximum atomic E-state index is 13.1. The molecule has 0 unspecified atom stereocenters. The van der Waals surface area contributed by atoms with E-state index in [1.54, 1.807) is 36.4 Å². The van der Waals surface area contributed by atoms with Crippen LogP contribution in [0, 0.1) is 0 Å². The van der Waals surface area contributed by atoms with Gasteiger partial charge >= 0.3 is 12.1 Å². The number of aryl methyl sites for hydroxylation is 1. The van der Waals surface area contributed by atoms with Crippen molar-refractivity contribution >= 4 is 11.8 Å². The van der Waals surface area contributed by atoms with Crippen molar-refractivity contribution in [2.24, 2.45) is 0 Å². The van der Waals surface area contributed by atoms with Gasteiger partial charge in [-0.25, -0.2) is 4.79 Å². The molecule has 0 saturated heterocycles. The number of carbonyl (C=O) groups is 2. The summed E-state index contributed by atoms with van der Waals surface area (Å²) in [5.74, 6) is -2.35. The van der Waals surface area contributed by atoms with Gasteiger partial charge in [0.1, 0.15) is 0 Å². The van der Waals surface area contributed by atoms with Crippen LogP contribution in [0.25, 0.3) is 0 Å². The second-order valence-corrected chi connectivity index (χ2v) is 5.14. The monoisotopic (exact) mass is 336 g/mol. The molecule has 0 amide bonds. The quantitative estimate of drug-likeness (QED) is 0.750. The van der Waals surface area contributed by atoms with Gasteiger partial charge < -0.3 is 4.74 Å². The zero-order valence-corrected chi connectivity index (χ0v) is 12.6. The molecule has 0 heterocycles. The lowest BCUT2D eigenvalue weighted by Gasteiger charge is -2.19. The van der Waals surface area contributed by atoms with E-state index in [2.05, 4.69) is 4.74 Å². The van der Waals surface area contributed by atoms with Gasteiger partial charge in [0.25, 0.3) is 6.10 Å². The minimum Gasteiger partial charge on any atom is -0.441 e. The zero-order valence-electron chi connectivity index (χ0n) is 12.6. The van der Waals surface area contributed by atoms with Gasteiger partial charge in [-0.3, -0.25) is 4.79 Å². The summed E-state index contributed by atoms with van der Waals surface area (Å²) in [6.45, 7) is 0. The number of rotatable bonds is 6. The molecule has 24 heavy (non-hydrogen) atoms. The first-order chi connectivity index (χ1) is 11.4. The summed E-state index contributed by atoms with van der Waals surface area (Å²) < 4.78 is 43.7. The highest BCUT2D eigenvalue weighted by molar-refractivity contribution is 5.93. The average molecular weight is 336 g/mol. The Morgan fingerprint density at radius 1 is 0.917 bits per heavy atom. The fourth-order valence-corrected chi connectivity index (χ4v) is 2.11. The van der Waals surface area contributed by atoms with E-state index in [4.69, 9.17) is 0 Å². The predicted molar refractivity (Wildman–Crippen MR) is 81.5 cm³/mol. The van der Waals surface area contributed by atoms with E-state index in [1.165, 1.54) is 24.3 Å². The Morgan fingerprint density at radius 2 is 1.46 bits per heavy atom. The standard InChI is InChI=1S/C18H15F3O3/c19-18(20,21)16(24-17(23)14-9-5-2-6-10-14)15(22)12-11-13-7-3-1-4-8-13/h1-10,16H,11-12H2/t16-/m0/s1. The Kier molecular flexibility index (Phi) is 5.73. The van der Waals surface area contributed by atoms with E-state index in [-0.39, 0.29) is 18.4 Å². The summed E-state index contributed by atoms with van der Waals surface area (Å²) in [7, 11) is 0. The number of ketones is 1. The summed E-state index contributed by atoms with van der Waals surface area (Å²) in [6.07, 6.45) is -7.92. The van der Waals surface area contributed by atoms with Crippen LogP contribution in [-0.2, 0) is 16.0 Å². The van der Waals surface area contributed by atoms with Gasteiger partial charge in [0, 0.05) is 6.42 Å². The zero-order chi connectivity index (χ0) is 17.6. The van der Waals surface area contributed by atoms with Crippen LogP contribution in [0.3, 0.4) is 0 Å². The van der Waals surface area contributed by atoms with E-state index < -0.39 is 24.0 Å². The van der Waals surface area contributed by atoms with Gasteiger partial charge in [-0.2, -0.15) is 13.2 Å². The number of hydrogen-bond acceptors (Lipinski definition) is 3. The van der Waals surface area contributed by atoms with Gasteiger partial charge in [-0.1, -0.05) is 48.5 Å². The van der Waals surface area contributed by atoms with Crippen LogP contribution in [-0.4, -0.2) is 24.0 Å². The molecule has 0 N–H and O–H groups in total. The lowest BCUT2D eigenvalue weighted by atomic mass is 10.0. The summed E-state index contributed by atoms with van der Waals surface area (Å²) >= 11 is 0. The van der Waals surface area contributed by atoms with Crippen LogP contribution < -0.4 is 0 Å². The number of alkyl halides is 3. The Morgan fingerprint density at radius 3 is 2.00 bits per heavy atom. The highest BCUT2D eigenvalue weighted by Crippen LogP contribution is 2.26. The number of benzene rings is 2. The number of ether oxygens (including phenoxy) is 1. The first kappa shape index (κ1) is 17.7. The highest BCUT2D eigenvalue weighted by Gasteiger charge is 2.47. The maximum Gasteiger partial charge on any atom is 0.432 e. The van der Waals surface area contributed by atoms with Crippen LogP contribution >= 0.6 is 0 Å².